The van der Waals surface area contributed by atoms with Gasteiger partial charge in [-0.15, -0.1) is 24.0 Å². The number of carbonyl (C=O) groups excluding carboxylic acids is 1. The number of amides is 1. The Balaban J connectivity index is 0.00000529. The number of guanidine groups is 1. The standard InChI is InChI=1S/C18H30N4O.HI/c1-4-19-18(21-15-17(23)22(2)3)20-14-10-6-9-13-16-11-7-5-8-12-16;/h5,7-8,11-12H,4,6,9-10,13-15H2,1-3H3,(H2,19,20,21);1H. The number of aryl methyl sites for hydroxylation is 1. The van der Waals surface area contributed by atoms with Gasteiger partial charge in [-0.2, -0.15) is 0 Å². The van der Waals surface area contributed by atoms with E-state index in [1.165, 1.54) is 18.4 Å². The topological polar surface area (TPSA) is 56.7 Å². The molecule has 0 radical (unpaired) electrons. The molecule has 0 aromatic heterocycles. The Morgan fingerprint density at radius 3 is 2.42 bits per heavy atom. The summed E-state index contributed by atoms with van der Waals surface area (Å²) >= 11 is 0. The minimum atomic E-state index is 0. The third-order valence-electron chi connectivity index (χ3n) is 3.49. The van der Waals surface area contributed by atoms with Crippen LogP contribution in [0.5, 0.6) is 0 Å². The van der Waals surface area contributed by atoms with Gasteiger partial charge in [-0.05, 0) is 31.7 Å². The molecule has 0 saturated heterocycles. The van der Waals surface area contributed by atoms with Gasteiger partial charge in [0.1, 0.15) is 6.54 Å². The minimum Gasteiger partial charge on any atom is -0.357 e. The van der Waals surface area contributed by atoms with E-state index in [1.807, 2.05) is 6.92 Å². The maximum absolute atomic E-state index is 11.6. The maximum Gasteiger partial charge on any atom is 0.243 e. The van der Waals surface area contributed by atoms with E-state index in [4.69, 9.17) is 0 Å². The van der Waals surface area contributed by atoms with Crippen LogP contribution in [0.25, 0.3) is 0 Å². The summed E-state index contributed by atoms with van der Waals surface area (Å²) in [5.74, 6) is 0.718. The Hall–Kier alpha value is -1.31. The second-order valence-electron chi connectivity index (χ2n) is 5.71. The average molecular weight is 446 g/mol. The monoisotopic (exact) mass is 446 g/mol. The quantitative estimate of drug-likeness (QED) is 0.266. The number of halogens is 1. The van der Waals surface area contributed by atoms with Crippen molar-refractivity contribution < 1.29 is 4.79 Å². The molecular weight excluding hydrogens is 415 g/mol. The zero-order chi connectivity index (χ0) is 16.9. The number of hydrogen-bond acceptors (Lipinski definition) is 2. The second-order valence-corrected chi connectivity index (χ2v) is 5.71. The maximum atomic E-state index is 11.6. The van der Waals surface area contributed by atoms with Crippen molar-refractivity contribution in [2.24, 2.45) is 4.99 Å². The van der Waals surface area contributed by atoms with E-state index in [-0.39, 0.29) is 36.4 Å². The lowest BCUT2D eigenvalue weighted by Gasteiger charge is -2.12. The molecule has 0 spiro atoms. The van der Waals surface area contributed by atoms with E-state index >= 15 is 0 Å². The molecule has 0 aliphatic rings. The van der Waals surface area contributed by atoms with Crippen molar-refractivity contribution in [3.63, 3.8) is 0 Å². The molecule has 0 saturated carbocycles. The third kappa shape index (κ3) is 10.5. The predicted octanol–water partition coefficient (Wildman–Crippen LogP) is 2.66. The third-order valence-corrected chi connectivity index (χ3v) is 3.49. The summed E-state index contributed by atoms with van der Waals surface area (Å²) in [7, 11) is 3.48. The van der Waals surface area contributed by atoms with Crippen LogP contribution < -0.4 is 10.6 Å². The first-order valence-electron chi connectivity index (χ1n) is 8.39. The van der Waals surface area contributed by atoms with Crippen LogP contribution in [0.2, 0.25) is 0 Å². The number of hydrogen-bond donors (Lipinski definition) is 2. The smallest absolute Gasteiger partial charge is 0.243 e. The first-order valence-corrected chi connectivity index (χ1v) is 8.39. The molecule has 2 N–H and O–H groups in total. The first-order chi connectivity index (χ1) is 11.1. The van der Waals surface area contributed by atoms with Crippen LogP contribution in [0.3, 0.4) is 0 Å². The van der Waals surface area contributed by atoms with Gasteiger partial charge in [0.05, 0.1) is 0 Å². The lowest BCUT2D eigenvalue weighted by atomic mass is 10.1. The molecule has 1 amide bonds. The Morgan fingerprint density at radius 1 is 1.08 bits per heavy atom. The van der Waals surface area contributed by atoms with Gasteiger partial charge in [0, 0.05) is 27.2 Å². The number of nitrogens with one attached hydrogen (secondary N) is 2. The highest BCUT2D eigenvalue weighted by molar-refractivity contribution is 14.0. The second kappa shape index (κ2) is 14.1. The summed E-state index contributed by atoms with van der Waals surface area (Å²) in [6, 6.07) is 10.6. The fourth-order valence-corrected chi connectivity index (χ4v) is 2.11. The van der Waals surface area contributed by atoms with Crippen LogP contribution in [-0.4, -0.2) is 50.5 Å². The summed E-state index contributed by atoms with van der Waals surface area (Å²) < 4.78 is 0. The van der Waals surface area contributed by atoms with Crippen molar-refractivity contribution >= 4 is 35.8 Å². The average Bonchev–Trinajstić information content (AvgIpc) is 2.56. The molecule has 0 fully saturated rings. The number of benzene rings is 1. The van der Waals surface area contributed by atoms with Gasteiger partial charge in [0.2, 0.25) is 5.91 Å². The van der Waals surface area contributed by atoms with Gasteiger partial charge in [-0.3, -0.25) is 4.79 Å². The van der Waals surface area contributed by atoms with Crippen LogP contribution in [0, 0.1) is 0 Å². The molecule has 0 unspecified atom stereocenters. The lowest BCUT2D eigenvalue weighted by molar-refractivity contribution is -0.127. The van der Waals surface area contributed by atoms with Gasteiger partial charge >= 0.3 is 0 Å². The lowest BCUT2D eigenvalue weighted by Crippen LogP contribution is -2.38. The molecule has 0 bridgehead atoms. The van der Waals surface area contributed by atoms with Crippen LogP contribution >= 0.6 is 24.0 Å². The largest absolute Gasteiger partial charge is 0.357 e. The highest BCUT2D eigenvalue weighted by Gasteiger charge is 2.03. The van der Waals surface area contributed by atoms with Gasteiger partial charge in [0.15, 0.2) is 5.96 Å². The zero-order valence-corrected chi connectivity index (χ0v) is 17.4. The number of rotatable bonds is 9. The molecule has 6 heteroatoms. The molecule has 1 aromatic rings. The van der Waals surface area contributed by atoms with Gasteiger partial charge < -0.3 is 15.5 Å². The van der Waals surface area contributed by atoms with Crippen LogP contribution in [0.15, 0.2) is 35.3 Å². The molecule has 24 heavy (non-hydrogen) atoms. The van der Waals surface area contributed by atoms with Crippen LogP contribution in [0.1, 0.15) is 31.7 Å². The highest BCUT2D eigenvalue weighted by atomic mass is 127. The normalized spacial score (nSPS) is 10.7. The van der Waals surface area contributed by atoms with E-state index in [2.05, 4.69) is 46.0 Å². The molecule has 0 heterocycles. The molecule has 0 atom stereocenters. The Bertz CT molecular complexity index is 477. The minimum absolute atomic E-state index is 0. The van der Waals surface area contributed by atoms with E-state index in [9.17, 15) is 4.79 Å². The molecule has 5 nitrogen and oxygen atoms in total. The van der Waals surface area contributed by atoms with Crippen LogP contribution in [0.4, 0.5) is 0 Å². The van der Waals surface area contributed by atoms with Gasteiger partial charge in [0.25, 0.3) is 0 Å². The zero-order valence-electron chi connectivity index (χ0n) is 15.0. The molecule has 0 aliphatic heterocycles. The van der Waals surface area contributed by atoms with Crippen molar-refractivity contribution in [3.05, 3.63) is 35.9 Å². The summed E-state index contributed by atoms with van der Waals surface area (Å²) in [5.41, 5.74) is 1.40. The summed E-state index contributed by atoms with van der Waals surface area (Å²) in [4.78, 5) is 17.4. The molecule has 1 aromatic carbocycles. The van der Waals surface area contributed by atoms with Crippen LogP contribution in [-0.2, 0) is 11.2 Å². The Labute approximate surface area is 163 Å². The fraction of sp³-hybridized carbons (Fsp3) is 0.556. The van der Waals surface area contributed by atoms with Crippen molar-refractivity contribution in [3.8, 4) is 0 Å². The first kappa shape index (κ1) is 22.7. The SMILES string of the molecule is CCNC(=NCC(=O)N(C)C)NCCCCCc1ccccc1.I. The number of unbranched alkanes of at least 4 members (excludes halogenated alkanes) is 2. The number of nitrogens with zero attached hydrogens (tertiary/aromatic N) is 2. The summed E-state index contributed by atoms with van der Waals surface area (Å²) in [6.07, 6.45) is 4.60. The molecule has 136 valence electrons. The molecule has 0 aliphatic carbocycles. The van der Waals surface area contributed by atoms with E-state index < -0.39 is 0 Å². The Kier molecular flexibility index (Phi) is 13.3. The number of aliphatic imine (C=N–C) groups is 1. The van der Waals surface area contributed by atoms with Gasteiger partial charge in [-0.25, -0.2) is 4.99 Å². The van der Waals surface area contributed by atoms with Crippen molar-refractivity contribution in [1.82, 2.24) is 15.5 Å². The molecular formula is C18H31IN4O. The van der Waals surface area contributed by atoms with E-state index in [0.29, 0.717) is 5.96 Å². The van der Waals surface area contributed by atoms with Crippen molar-refractivity contribution in [1.29, 1.82) is 0 Å². The Morgan fingerprint density at radius 2 is 1.79 bits per heavy atom. The van der Waals surface area contributed by atoms with Gasteiger partial charge in [-0.1, -0.05) is 36.8 Å². The van der Waals surface area contributed by atoms with E-state index in [0.717, 1.165) is 25.9 Å². The summed E-state index contributed by atoms with van der Waals surface area (Å²) in [6.45, 7) is 3.86. The van der Waals surface area contributed by atoms with Crippen molar-refractivity contribution in [2.75, 3.05) is 33.7 Å². The van der Waals surface area contributed by atoms with Crippen molar-refractivity contribution in [2.45, 2.75) is 32.6 Å². The fourth-order valence-electron chi connectivity index (χ4n) is 2.11. The number of likely N-dealkylation sites (N-methyl/N-ethyl adjacent to an activating group) is 1. The molecule has 1 rings (SSSR count). The van der Waals surface area contributed by atoms with E-state index in [1.54, 1.807) is 19.0 Å². The number of carbonyl (C=O) groups is 1. The summed E-state index contributed by atoms with van der Waals surface area (Å²) in [5, 5.41) is 6.44. The predicted molar refractivity (Wildman–Crippen MR) is 112 cm³/mol. The highest BCUT2D eigenvalue weighted by Crippen LogP contribution is 2.05.